The normalized spacial score (nSPS) is 22.9. The minimum Gasteiger partial charge on any atom is -0.497 e. The Balaban J connectivity index is 0.653. The molecule has 5 unspecified atom stereocenters. The lowest BCUT2D eigenvalue weighted by Crippen LogP contribution is -2.51. The van der Waals surface area contributed by atoms with Crippen molar-refractivity contribution in [2.75, 3.05) is 146 Å². The Labute approximate surface area is 835 Å². The molecule has 3 saturated heterocycles. The first-order chi connectivity index (χ1) is 68.2. The average Bonchev–Trinajstić information content (AvgIpc) is 1.60. The zero-order valence-corrected chi connectivity index (χ0v) is 82.7. The zero-order chi connectivity index (χ0) is 99.9. The van der Waals surface area contributed by atoms with Gasteiger partial charge in [0, 0.05) is 136 Å². The smallest absolute Gasteiger partial charge is 0.416 e. The van der Waals surface area contributed by atoms with Crippen molar-refractivity contribution in [3.63, 3.8) is 0 Å². The highest BCUT2D eigenvalue weighted by atomic mass is 127. The van der Waals surface area contributed by atoms with Crippen LogP contribution in [0.3, 0.4) is 0 Å². The summed E-state index contributed by atoms with van der Waals surface area (Å²) in [4.78, 5) is 189. The number of likely N-dealkylation sites (tertiary alicyclic amines) is 3. The van der Waals surface area contributed by atoms with Gasteiger partial charge in [-0.15, -0.1) is 0 Å². The van der Waals surface area contributed by atoms with Gasteiger partial charge < -0.3 is 110 Å². The van der Waals surface area contributed by atoms with Crippen LogP contribution in [-0.4, -0.2) is 286 Å². The minimum atomic E-state index is -1.78. The molecule has 0 radical (unpaired) electrons. The minimum absolute atomic E-state index is 0.0102. The Bertz CT molecular complexity index is 5580. The summed E-state index contributed by atoms with van der Waals surface area (Å²) in [7, 11) is 4.35. The highest BCUT2D eigenvalue weighted by molar-refractivity contribution is 14.1. The molecule has 6 aromatic carbocycles. The number of nitrogens with one attached hydrogen (secondary N) is 8. The molecule has 0 aromatic heterocycles. The summed E-state index contributed by atoms with van der Waals surface area (Å²) in [5.74, 6) is -2.61. The number of ether oxygens (including phenoxy) is 9. The van der Waals surface area contributed by atoms with Crippen LogP contribution in [0.1, 0.15) is 154 Å². The molecule has 39 nitrogen and oxygen atoms in total. The molecule has 6 aromatic rings. The molecular formula is C100H122IN15O24S. The van der Waals surface area contributed by atoms with Crippen LogP contribution in [-0.2, 0) is 75.3 Å². The summed E-state index contributed by atoms with van der Waals surface area (Å²) >= 11 is 3.13. The number of anilines is 5. The number of halogens is 1. The van der Waals surface area contributed by atoms with Crippen LogP contribution < -0.4 is 73.6 Å². The monoisotopic (exact) mass is 2080 g/mol. The van der Waals surface area contributed by atoms with Gasteiger partial charge in [-0.05, 0) is 165 Å². The Kier molecular flexibility index (Phi) is 36.8. The van der Waals surface area contributed by atoms with E-state index >= 15 is 4.79 Å². The van der Waals surface area contributed by atoms with Crippen molar-refractivity contribution in [2.45, 2.75) is 178 Å². The molecule has 0 saturated carbocycles. The lowest BCUT2D eigenvalue weighted by molar-refractivity contribution is -0.146. The summed E-state index contributed by atoms with van der Waals surface area (Å²) < 4.78 is 56.6. The van der Waals surface area contributed by atoms with E-state index in [1.165, 1.54) is 65.1 Å². The fourth-order valence-corrected chi connectivity index (χ4v) is 20.0. The third-order valence-corrected chi connectivity index (χ3v) is 27.5. The van der Waals surface area contributed by atoms with E-state index in [0.717, 1.165) is 15.4 Å². The standard InChI is InChI=1S/C100H122IN15O24S/c1-60(2)91-61(3)136-46-38-104-86(118)35-34-85(117)103-37-45-135-44-36-102-54-87(119)106-68-26-18-62(19-27-68)58-139-99(130)115-76-51-82(137-42-11-8-12-43-138-83-52-77-73(50-81(83)134-6)94(125)114-57-67(65-24-32-71(132-4)33-25-65)48-79(114)97(128)116(77)100(131)140-59-63-20-28-69(29-21-63)107-88(120)55-105-91)80(133-5)49-72(76)93(124)113-56-66(47-78(113)96(115)127)64-22-30-70(31-23-64)108-92(123)74-15-13-41-111(74)95(126)75-16-14-40-110(75)89(121)17-9-7-10-39-112-90(122)53-84(98(112)129)141-109-101/h18-33,47-52,60-61,74-75,78-79,84,91,96-97,102,105,109,127-128H,7-17,34-46,53-59H2,1-6H3,(H,103,117)(H,104,118)(H,106,119)(H,107,120)(H,108,123)/t61?,74-,75-,78-,79-,84?,91?,96?,97?/m0/s1. The fraction of sp³-hybridized carbons (Fsp3) is 0.470. The molecule has 3 fully saturated rings. The number of carbonyl (C=O) groups is 13. The number of aliphatic hydroxyl groups is 2. The second-order valence-corrected chi connectivity index (χ2v) is 38.0. The quantitative estimate of drug-likeness (QED) is 0.0134. The molecule has 141 heavy (non-hydrogen) atoms. The molecule has 0 spiro atoms. The van der Waals surface area contributed by atoms with E-state index in [1.54, 1.807) is 114 Å². The molecule has 754 valence electrons. The van der Waals surface area contributed by atoms with E-state index in [0.29, 0.717) is 134 Å². The van der Waals surface area contributed by atoms with Crippen LogP contribution in [0, 0.1) is 5.92 Å². The number of imide groups is 1. The highest BCUT2D eigenvalue weighted by Gasteiger charge is 2.49. The molecule has 17 rings (SSSR count). The van der Waals surface area contributed by atoms with Gasteiger partial charge in [0.05, 0.1) is 108 Å². The van der Waals surface area contributed by atoms with Gasteiger partial charge in [-0.25, -0.2) is 22.3 Å². The van der Waals surface area contributed by atoms with Crippen molar-refractivity contribution < 1.29 is 115 Å². The number of amides is 13. The number of fused-ring (bicyclic) bond motifs is 2. The van der Waals surface area contributed by atoms with Crippen molar-refractivity contribution >= 4 is 152 Å². The second kappa shape index (κ2) is 49.8. The number of rotatable bonds is 17. The predicted molar refractivity (Wildman–Crippen MR) is 531 cm³/mol. The predicted octanol–water partition coefficient (Wildman–Crippen LogP) is 8.83. The Morgan fingerprint density at radius 3 is 1.63 bits per heavy atom. The average molecular weight is 2080 g/mol. The van der Waals surface area contributed by atoms with Crippen LogP contribution in [0.15, 0.2) is 133 Å². The second-order valence-electron chi connectivity index (χ2n) is 35.7. The number of benzene rings is 6. The van der Waals surface area contributed by atoms with Gasteiger partial charge >= 0.3 is 12.2 Å². The van der Waals surface area contributed by atoms with Crippen molar-refractivity contribution in [1.82, 2.24) is 48.7 Å². The van der Waals surface area contributed by atoms with Gasteiger partial charge in [-0.2, -0.15) is 0 Å². The molecule has 11 heterocycles. The molecular weight excluding hydrogens is 1950 g/mol. The van der Waals surface area contributed by atoms with Crippen molar-refractivity contribution in [3.8, 4) is 28.7 Å². The summed E-state index contributed by atoms with van der Waals surface area (Å²) in [6, 6.07) is 29.1. The molecule has 11 aliphatic heterocycles. The summed E-state index contributed by atoms with van der Waals surface area (Å²) in [5.41, 5.74) is 4.89. The molecule has 0 aliphatic carbocycles. The lowest BCUT2D eigenvalue weighted by Gasteiger charge is -2.31. The maximum Gasteiger partial charge on any atom is 0.416 e. The first-order valence-corrected chi connectivity index (χ1v) is 49.6. The largest absolute Gasteiger partial charge is 0.497 e. The Hall–Kier alpha value is -12.5. The van der Waals surface area contributed by atoms with E-state index in [9.17, 15) is 67.7 Å². The Morgan fingerprint density at radius 2 is 1.09 bits per heavy atom. The zero-order valence-electron chi connectivity index (χ0n) is 79.7. The van der Waals surface area contributed by atoms with E-state index in [2.05, 4.69) is 40.2 Å². The third kappa shape index (κ3) is 26.3. The first-order valence-electron chi connectivity index (χ1n) is 47.7. The van der Waals surface area contributed by atoms with E-state index < -0.39 is 71.8 Å². The van der Waals surface area contributed by atoms with Crippen LogP contribution in [0.2, 0.25) is 0 Å². The van der Waals surface area contributed by atoms with Crippen LogP contribution in [0.4, 0.5) is 38.0 Å². The Morgan fingerprint density at radius 1 is 0.567 bits per heavy atom. The number of unbranched alkanes of at least 4 members (excludes halogenated alkanes) is 2. The number of hydrogen-bond acceptors (Lipinski definition) is 28. The van der Waals surface area contributed by atoms with E-state index in [1.807, 2.05) is 55.8 Å². The first kappa shape index (κ1) is 104. The third-order valence-electron chi connectivity index (χ3n) is 26.0. The topological polar surface area (TPSA) is 464 Å². The molecule has 41 heteroatoms. The van der Waals surface area contributed by atoms with Crippen LogP contribution in [0.25, 0.3) is 11.1 Å². The molecule has 10 N–H and O–H groups in total. The maximum atomic E-state index is 15.3. The summed E-state index contributed by atoms with van der Waals surface area (Å²) in [6.45, 7) is 7.52. The van der Waals surface area contributed by atoms with Crippen molar-refractivity contribution in [2.24, 2.45) is 5.92 Å². The number of methoxy groups -OCH3 is 3. The van der Waals surface area contributed by atoms with Gasteiger partial charge in [-0.1, -0.05) is 92.9 Å². The molecule has 11 aliphatic rings. The number of aliphatic hydroxyl groups excluding tert-OH is 2. The number of nitrogens with zero attached hydrogens (tertiary/aromatic N) is 7. The highest BCUT2D eigenvalue weighted by Crippen LogP contribution is 2.46. The fourth-order valence-electron chi connectivity index (χ4n) is 18.5. The maximum absolute atomic E-state index is 15.3. The van der Waals surface area contributed by atoms with Gasteiger partial charge in [0.25, 0.3) is 11.8 Å². The van der Waals surface area contributed by atoms with Gasteiger partial charge in [0.2, 0.25) is 53.2 Å². The summed E-state index contributed by atoms with van der Waals surface area (Å²) in [5, 5.41) is 45.4. The molecule has 9 atom stereocenters. The van der Waals surface area contributed by atoms with Gasteiger partial charge in [0.15, 0.2) is 35.5 Å². The lowest BCUT2D eigenvalue weighted by atomic mass is 9.99. The number of carbonyl (C=O) groups excluding carboxylic acids is 13. The van der Waals surface area contributed by atoms with Crippen LogP contribution >= 0.6 is 34.8 Å². The molecule has 8 bridgehead atoms. The van der Waals surface area contributed by atoms with Gasteiger partial charge in [0.1, 0.15) is 36.3 Å². The number of hydrogen-bond donors (Lipinski definition) is 10. The SMILES string of the molecule is COc1ccc(C2=C[C@H]3C(O)N4C(=O)OCc5ccc(cc5)NC(=O)CNC(C(C)C)C(C)OCCNC(=O)CCC(=O)NCCOCCNCC(=O)Nc5ccc(cc5)COC(=O)N5c6cc(c(OC)cc6C(=O)N6CC(c7ccc(NC(=O)[C@@H]8CCCN8C(=O)[C@@H]8CCCN8C(=O)CCCCCN8C(=O)CC(SNI)C8=O)cc7)=C[C@H]6C5O)OCCCCCOc5cc4c(cc5OC)C(=O)N3C2)cc1. The summed E-state index contributed by atoms with van der Waals surface area (Å²) in [6.07, 6.45) is 2.80. The van der Waals surface area contributed by atoms with Gasteiger partial charge in [-0.3, -0.25) is 57.6 Å². The van der Waals surface area contributed by atoms with Crippen molar-refractivity contribution in [1.29, 1.82) is 0 Å². The molecule has 13 amide bonds. The van der Waals surface area contributed by atoms with E-state index in [-0.39, 0.29) is 229 Å². The van der Waals surface area contributed by atoms with Crippen LogP contribution in [0.5, 0.6) is 28.7 Å². The van der Waals surface area contributed by atoms with E-state index in [4.69, 9.17) is 42.6 Å². The van der Waals surface area contributed by atoms with Crippen molar-refractivity contribution in [3.05, 3.63) is 167 Å².